The molecule has 0 spiro atoms. The van der Waals surface area contributed by atoms with Crippen molar-refractivity contribution in [3.05, 3.63) is 30.2 Å². The smallest absolute Gasteiger partial charge is 0.276 e. The molecule has 7 nitrogen and oxygen atoms in total. The van der Waals surface area contributed by atoms with Crippen LogP contribution in [-0.4, -0.2) is 40.2 Å². The van der Waals surface area contributed by atoms with Crippen molar-refractivity contribution in [1.29, 1.82) is 0 Å². The molecule has 2 N–H and O–H groups in total. The molecular formula is C19H31IN6O. The second-order valence-electron chi connectivity index (χ2n) is 6.76. The van der Waals surface area contributed by atoms with Crippen molar-refractivity contribution >= 4 is 29.9 Å². The summed E-state index contributed by atoms with van der Waals surface area (Å²) in [5.74, 6) is 2.62. The summed E-state index contributed by atoms with van der Waals surface area (Å²) in [5, 5.41) is 10.7. The van der Waals surface area contributed by atoms with Crippen molar-refractivity contribution in [2.45, 2.75) is 53.0 Å². The van der Waals surface area contributed by atoms with Crippen LogP contribution in [0.2, 0.25) is 0 Å². The Labute approximate surface area is 178 Å². The average Bonchev–Trinajstić information content (AvgIpc) is 3.10. The van der Waals surface area contributed by atoms with Gasteiger partial charge in [0.25, 0.3) is 5.89 Å². The van der Waals surface area contributed by atoms with Gasteiger partial charge in [0.2, 0.25) is 0 Å². The molecule has 150 valence electrons. The third kappa shape index (κ3) is 8.68. The Balaban J connectivity index is 0.00000364. The Morgan fingerprint density at radius 2 is 2.04 bits per heavy atom. The van der Waals surface area contributed by atoms with E-state index in [9.17, 15) is 0 Å². The Morgan fingerprint density at radius 1 is 1.22 bits per heavy atom. The van der Waals surface area contributed by atoms with Gasteiger partial charge in [-0.2, -0.15) is 4.98 Å². The van der Waals surface area contributed by atoms with Gasteiger partial charge in [-0.25, -0.2) is 0 Å². The van der Waals surface area contributed by atoms with E-state index in [0.29, 0.717) is 42.3 Å². The molecule has 0 aliphatic rings. The van der Waals surface area contributed by atoms with Gasteiger partial charge in [0, 0.05) is 31.7 Å². The van der Waals surface area contributed by atoms with E-state index in [1.165, 1.54) is 6.42 Å². The van der Waals surface area contributed by atoms with Gasteiger partial charge in [-0.05, 0) is 44.7 Å². The first-order valence-corrected chi connectivity index (χ1v) is 9.37. The summed E-state index contributed by atoms with van der Waals surface area (Å²) in [6.45, 7) is 10.2. The fourth-order valence-electron chi connectivity index (χ4n) is 2.43. The van der Waals surface area contributed by atoms with E-state index in [2.05, 4.69) is 58.4 Å². The lowest BCUT2D eigenvalue weighted by Gasteiger charge is -2.18. The minimum Gasteiger partial charge on any atom is -0.357 e. The van der Waals surface area contributed by atoms with E-state index in [1.54, 1.807) is 6.20 Å². The van der Waals surface area contributed by atoms with E-state index in [1.807, 2.05) is 18.2 Å². The van der Waals surface area contributed by atoms with Crippen LogP contribution in [0.4, 0.5) is 0 Å². The number of halogens is 1. The second-order valence-corrected chi connectivity index (χ2v) is 6.76. The lowest BCUT2D eigenvalue weighted by atomic mass is 10.0. The van der Waals surface area contributed by atoms with E-state index in [0.717, 1.165) is 18.9 Å². The average molecular weight is 486 g/mol. The third-order valence-electron chi connectivity index (χ3n) is 3.86. The number of aliphatic imine (C=N–C) groups is 1. The van der Waals surface area contributed by atoms with Crippen molar-refractivity contribution < 1.29 is 4.52 Å². The predicted octanol–water partition coefficient (Wildman–Crippen LogP) is 3.67. The van der Waals surface area contributed by atoms with Gasteiger partial charge < -0.3 is 15.2 Å². The monoisotopic (exact) mass is 486 g/mol. The van der Waals surface area contributed by atoms with Gasteiger partial charge in [-0.3, -0.25) is 9.98 Å². The van der Waals surface area contributed by atoms with Crippen molar-refractivity contribution in [1.82, 2.24) is 25.8 Å². The summed E-state index contributed by atoms with van der Waals surface area (Å²) < 4.78 is 5.27. The lowest BCUT2D eigenvalue weighted by molar-refractivity contribution is 0.421. The summed E-state index contributed by atoms with van der Waals surface area (Å²) >= 11 is 0. The Kier molecular flexibility index (Phi) is 10.9. The maximum absolute atomic E-state index is 5.27. The van der Waals surface area contributed by atoms with Gasteiger partial charge in [-0.15, -0.1) is 24.0 Å². The topological polar surface area (TPSA) is 88.2 Å². The van der Waals surface area contributed by atoms with Gasteiger partial charge in [0.05, 0.1) is 0 Å². The molecule has 1 unspecified atom stereocenters. The minimum atomic E-state index is 0. The molecule has 0 radical (unpaired) electrons. The lowest BCUT2D eigenvalue weighted by Crippen LogP contribution is -2.42. The maximum atomic E-state index is 5.27. The second kappa shape index (κ2) is 12.6. The zero-order chi connectivity index (χ0) is 18.8. The van der Waals surface area contributed by atoms with E-state index in [4.69, 9.17) is 4.52 Å². The molecule has 2 heterocycles. The largest absolute Gasteiger partial charge is 0.357 e. The zero-order valence-electron chi connectivity index (χ0n) is 16.6. The molecule has 2 aromatic heterocycles. The third-order valence-corrected chi connectivity index (χ3v) is 3.86. The molecule has 0 aliphatic heterocycles. The number of rotatable bonds is 9. The highest BCUT2D eigenvalue weighted by Gasteiger charge is 2.10. The highest BCUT2D eigenvalue weighted by Crippen LogP contribution is 2.13. The molecule has 0 fully saturated rings. The van der Waals surface area contributed by atoms with E-state index in [-0.39, 0.29) is 24.0 Å². The van der Waals surface area contributed by atoms with Crippen LogP contribution >= 0.6 is 24.0 Å². The molecule has 2 rings (SSSR count). The van der Waals surface area contributed by atoms with Crippen LogP contribution in [0.1, 0.15) is 46.4 Å². The van der Waals surface area contributed by atoms with Crippen LogP contribution in [0.5, 0.6) is 0 Å². The van der Waals surface area contributed by atoms with Crippen LogP contribution in [0, 0.1) is 5.92 Å². The normalized spacial score (nSPS) is 12.6. The van der Waals surface area contributed by atoms with Crippen molar-refractivity contribution in [3.8, 4) is 11.6 Å². The quantitative estimate of drug-likeness (QED) is 0.320. The van der Waals surface area contributed by atoms with Gasteiger partial charge in [0.1, 0.15) is 5.69 Å². The number of nitrogens with zero attached hydrogens (tertiary/aromatic N) is 4. The van der Waals surface area contributed by atoms with Crippen LogP contribution in [0.15, 0.2) is 33.9 Å². The Morgan fingerprint density at radius 3 is 2.70 bits per heavy atom. The van der Waals surface area contributed by atoms with E-state index >= 15 is 0 Å². The Bertz CT molecular complexity index is 674. The molecular weight excluding hydrogens is 455 g/mol. The van der Waals surface area contributed by atoms with Crippen LogP contribution < -0.4 is 10.6 Å². The van der Waals surface area contributed by atoms with Gasteiger partial charge in [-0.1, -0.05) is 25.1 Å². The van der Waals surface area contributed by atoms with Gasteiger partial charge >= 0.3 is 0 Å². The summed E-state index contributed by atoms with van der Waals surface area (Å²) in [6, 6.07) is 5.98. The number of nitrogens with one attached hydrogen (secondary N) is 2. The van der Waals surface area contributed by atoms with Crippen molar-refractivity contribution in [2.75, 3.05) is 13.1 Å². The molecule has 0 aromatic carbocycles. The first-order valence-electron chi connectivity index (χ1n) is 9.37. The minimum absolute atomic E-state index is 0. The standard InChI is InChI=1S/C19H30N6O.HI/c1-5-20-19(23-15(4)10-9-14(2)3)22-13-11-17-24-18(26-25-17)16-8-6-7-12-21-16;/h6-8,12,14-15H,5,9-11,13H2,1-4H3,(H2,20,22,23);1H. The molecule has 0 saturated heterocycles. The molecule has 8 heteroatoms. The summed E-state index contributed by atoms with van der Waals surface area (Å²) in [4.78, 5) is 13.2. The summed E-state index contributed by atoms with van der Waals surface area (Å²) in [5.41, 5.74) is 0.684. The predicted molar refractivity (Wildman–Crippen MR) is 119 cm³/mol. The highest BCUT2D eigenvalue weighted by atomic mass is 127. The van der Waals surface area contributed by atoms with Gasteiger partial charge in [0.15, 0.2) is 11.8 Å². The summed E-state index contributed by atoms with van der Waals surface area (Å²) in [6.07, 6.45) is 4.65. The van der Waals surface area contributed by atoms with Crippen molar-refractivity contribution in [2.24, 2.45) is 10.9 Å². The molecule has 1 atom stereocenters. The Hall–Kier alpha value is -1.71. The fourth-order valence-corrected chi connectivity index (χ4v) is 2.43. The molecule has 0 aliphatic carbocycles. The first-order chi connectivity index (χ1) is 12.6. The van der Waals surface area contributed by atoms with Crippen molar-refractivity contribution in [3.63, 3.8) is 0 Å². The van der Waals surface area contributed by atoms with Crippen LogP contribution in [0.25, 0.3) is 11.6 Å². The number of guanidine groups is 1. The van der Waals surface area contributed by atoms with Crippen LogP contribution in [0.3, 0.4) is 0 Å². The van der Waals surface area contributed by atoms with E-state index < -0.39 is 0 Å². The number of hydrogen-bond acceptors (Lipinski definition) is 5. The zero-order valence-corrected chi connectivity index (χ0v) is 18.9. The molecule has 2 aromatic rings. The fraction of sp³-hybridized carbons (Fsp3) is 0.579. The molecule has 0 saturated carbocycles. The number of aromatic nitrogens is 3. The number of hydrogen-bond donors (Lipinski definition) is 2. The van der Waals surface area contributed by atoms with Crippen LogP contribution in [-0.2, 0) is 6.42 Å². The maximum Gasteiger partial charge on any atom is 0.276 e. The number of pyridine rings is 1. The molecule has 0 amide bonds. The molecule has 27 heavy (non-hydrogen) atoms. The highest BCUT2D eigenvalue weighted by molar-refractivity contribution is 14.0. The first kappa shape index (κ1) is 23.3. The SMILES string of the molecule is CCNC(=NCCc1noc(-c2ccccn2)n1)NC(C)CCC(C)C.I. The summed E-state index contributed by atoms with van der Waals surface area (Å²) in [7, 11) is 0. The molecule has 0 bridgehead atoms.